The van der Waals surface area contributed by atoms with E-state index >= 15 is 0 Å². The van der Waals surface area contributed by atoms with Crippen LogP contribution in [0.1, 0.15) is 0 Å². The summed E-state index contributed by atoms with van der Waals surface area (Å²) in [7, 11) is 0. The lowest BCUT2D eigenvalue weighted by Crippen LogP contribution is -2.61. The zero-order chi connectivity index (χ0) is 88.7. The minimum Gasteiger partial charge on any atom is -0.311 e. The van der Waals surface area contributed by atoms with E-state index < -0.39 is 0 Å². The largest absolute Gasteiger partial charge is 0.311 e. The van der Waals surface area contributed by atoms with Crippen molar-refractivity contribution < 1.29 is 0 Å². The predicted molar refractivity (Wildman–Crippen MR) is 571 cm³/mol. The van der Waals surface area contributed by atoms with Crippen molar-refractivity contribution in [2.24, 2.45) is 0 Å². The van der Waals surface area contributed by atoms with Crippen molar-refractivity contribution in [1.82, 2.24) is 4.40 Å². The van der Waals surface area contributed by atoms with E-state index in [1.165, 1.54) is 59.8 Å². The first-order valence-electron chi connectivity index (χ1n) is 46.7. The van der Waals surface area contributed by atoms with Gasteiger partial charge in [-0.05, 0) is 175 Å². The Morgan fingerprint density at radius 1 is 0.163 bits per heavy atom. The fourth-order valence-electron chi connectivity index (χ4n) is 22.8. The van der Waals surface area contributed by atoms with Crippen molar-refractivity contribution >= 4 is 187 Å². The Hall–Kier alpha value is -17.7. The van der Waals surface area contributed by atoms with E-state index in [1.54, 1.807) is 0 Å². The smallest absolute Gasteiger partial charge is 0.252 e. The number of rotatable bonds is 16. The zero-order valence-electron chi connectivity index (χ0n) is 73.7. The average molecular weight is 1720 g/mol. The van der Waals surface area contributed by atoms with Gasteiger partial charge < -0.3 is 33.8 Å². The molecule has 0 radical (unpaired) electrons. The molecule has 0 saturated heterocycles. The SMILES string of the molecule is c1ccc(-c2ccccc2N2c3cc4c(cc3B3c5ccccc5N(c5c(-c6ccccc6)cccc5-c5ccccc5)c5cc(N(c6ccccc6)c6ccccc6)cc2c53)c2cccc3c5cc6c(cc5n4c23)N(c2ccccc2-c2ccccc2)c2cc(N(c3ccccc3)c3ccccc3)cc3c2B6c2ccccc2N3c2c(-c3ccccc3)cccc2-c2ccccc2)cc1. The van der Waals surface area contributed by atoms with E-state index in [0.717, 1.165) is 180 Å². The third-order valence-corrected chi connectivity index (χ3v) is 28.4. The van der Waals surface area contributed by atoms with Crippen LogP contribution in [0.3, 0.4) is 0 Å². The second-order valence-electron chi connectivity index (χ2n) is 35.7. The molecule has 9 heteroatoms. The maximum absolute atomic E-state index is 2.67. The van der Waals surface area contributed by atoms with E-state index in [2.05, 4.69) is 537 Å². The molecule has 0 fully saturated rings. The number of hydrogen-bond acceptors (Lipinski definition) is 6. The molecule has 628 valence electrons. The number of para-hydroxylation sites is 11. The van der Waals surface area contributed by atoms with Gasteiger partial charge in [-0.25, -0.2) is 0 Å². The first-order chi connectivity index (χ1) is 67.1. The normalized spacial score (nSPS) is 12.7. The molecule has 0 bridgehead atoms. The topological polar surface area (TPSA) is 23.9 Å². The summed E-state index contributed by atoms with van der Waals surface area (Å²) in [5.74, 6) is 0. The molecule has 0 unspecified atom stereocenters. The molecule has 23 aromatic rings. The highest BCUT2D eigenvalue weighted by Crippen LogP contribution is 2.58. The highest BCUT2D eigenvalue weighted by molar-refractivity contribution is 7.01. The Bertz CT molecular complexity index is 7880. The van der Waals surface area contributed by atoms with Crippen molar-refractivity contribution in [3.05, 3.63) is 504 Å². The maximum atomic E-state index is 2.67. The number of aromatic nitrogens is 1. The quantitative estimate of drug-likeness (QED) is 0.0894. The fraction of sp³-hybridized carbons (Fsp3) is 0. The van der Waals surface area contributed by atoms with Gasteiger partial charge >= 0.3 is 0 Å². The van der Waals surface area contributed by atoms with Crippen molar-refractivity contribution in [3.63, 3.8) is 0 Å². The Balaban J connectivity index is 0.769. The van der Waals surface area contributed by atoms with Gasteiger partial charge in [-0.2, -0.15) is 0 Å². The fourth-order valence-corrected chi connectivity index (χ4v) is 22.8. The number of fused-ring (bicyclic) bond motifs is 14. The van der Waals surface area contributed by atoms with E-state index in [0.29, 0.717) is 0 Å². The highest BCUT2D eigenvalue weighted by Gasteiger charge is 2.49. The van der Waals surface area contributed by atoms with Crippen LogP contribution in [0, 0.1) is 0 Å². The molecule has 0 atom stereocenters. The second kappa shape index (κ2) is 31.6. The van der Waals surface area contributed by atoms with Crippen LogP contribution < -0.4 is 62.2 Å². The molecule has 0 amide bonds. The van der Waals surface area contributed by atoms with Gasteiger partial charge in [0.2, 0.25) is 0 Å². The summed E-state index contributed by atoms with van der Waals surface area (Å²) in [6.07, 6.45) is 0. The molecule has 7 nitrogen and oxygen atoms in total. The molecule has 21 aromatic carbocycles. The van der Waals surface area contributed by atoms with Crippen LogP contribution in [0.5, 0.6) is 0 Å². The lowest BCUT2D eigenvalue weighted by molar-refractivity contribution is 1.22. The van der Waals surface area contributed by atoms with Crippen molar-refractivity contribution in [2.45, 2.75) is 0 Å². The molecule has 4 aliphatic heterocycles. The first kappa shape index (κ1) is 77.3. The third kappa shape index (κ3) is 12.3. The minimum atomic E-state index is -0.273. The summed E-state index contributed by atoms with van der Waals surface area (Å²) < 4.78 is 2.66. The van der Waals surface area contributed by atoms with Crippen molar-refractivity contribution in [3.8, 4) is 66.8 Å². The molecular weight excluding hydrogens is 1630 g/mol. The van der Waals surface area contributed by atoms with E-state index in [1.807, 2.05) is 0 Å². The van der Waals surface area contributed by atoms with Crippen molar-refractivity contribution in [2.75, 3.05) is 29.4 Å². The van der Waals surface area contributed by atoms with Crippen LogP contribution >= 0.6 is 0 Å². The lowest BCUT2D eigenvalue weighted by atomic mass is 9.33. The predicted octanol–water partition coefficient (Wildman–Crippen LogP) is 29.9. The maximum Gasteiger partial charge on any atom is 0.252 e. The number of hydrogen-bond donors (Lipinski definition) is 0. The van der Waals surface area contributed by atoms with Gasteiger partial charge in [-0.1, -0.05) is 394 Å². The molecule has 27 rings (SSSR count). The molecule has 0 N–H and O–H groups in total. The number of nitrogens with zero attached hydrogens (tertiary/aromatic N) is 7. The van der Waals surface area contributed by atoms with Gasteiger partial charge in [0.05, 0.1) is 50.7 Å². The Morgan fingerprint density at radius 2 is 0.415 bits per heavy atom. The van der Waals surface area contributed by atoms with Gasteiger partial charge in [0.15, 0.2) is 0 Å². The zero-order valence-corrected chi connectivity index (χ0v) is 73.7. The first-order valence-corrected chi connectivity index (χ1v) is 46.7. The van der Waals surface area contributed by atoms with Gasteiger partial charge in [-0.15, -0.1) is 0 Å². The average Bonchev–Trinajstić information content (AvgIpc) is 1.62. The molecule has 0 aliphatic carbocycles. The van der Waals surface area contributed by atoms with E-state index in [4.69, 9.17) is 0 Å². The van der Waals surface area contributed by atoms with Crippen LogP contribution in [-0.2, 0) is 0 Å². The van der Waals surface area contributed by atoms with Crippen LogP contribution in [0.15, 0.2) is 504 Å². The third-order valence-electron chi connectivity index (χ3n) is 28.4. The second-order valence-corrected chi connectivity index (χ2v) is 35.7. The summed E-state index contributed by atoms with van der Waals surface area (Å²) in [5.41, 5.74) is 43.6. The summed E-state index contributed by atoms with van der Waals surface area (Å²) in [6, 6.07) is 188. The van der Waals surface area contributed by atoms with Gasteiger partial charge in [-0.3, -0.25) is 0 Å². The minimum absolute atomic E-state index is 0.273. The molecule has 0 saturated carbocycles. The van der Waals surface area contributed by atoms with Crippen LogP contribution in [-0.4, -0.2) is 17.8 Å². The standard InChI is InChI=1S/C126H83B2N7/c1-11-42-84(43-12-1)96-62-31-35-72-110(96)131-116-82-114-104(80-108(116)127-106-70-33-37-74-112(106)133(124-98(86-46-15-3-16-47-86)64-39-65-99(124)87-48-17-4-18-49-87)120-78-94(76-118(131)122(120)127)129(90-54-23-7-24-55-90)91-56-25-8-26-57-91)102-68-41-69-103-105-81-109-117(83-115(105)135(114)126(102)103)132(111-73-36-32-63-97(111)85-44-13-2-14-45-85)119-77-95(130(92-58-27-9-28-59-92)93-60-29-10-30-61-93)79-121-123(119)128(109)107-71-34-38-75-113(107)134(121)125-100(88-50-19-5-20-51-88)66-40-67-101(125)89-52-21-6-22-53-89/h1-83H. The molecule has 2 aromatic heterocycles. The van der Waals surface area contributed by atoms with Crippen molar-refractivity contribution in [1.29, 1.82) is 0 Å². The van der Waals surface area contributed by atoms with Gasteiger partial charge in [0, 0.05) is 123 Å². The number of benzene rings is 21. The molecule has 135 heavy (non-hydrogen) atoms. The highest BCUT2D eigenvalue weighted by atomic mass is 15.2. The molecule has 0 spiro atoms. The summed E-state index contributed by atoms with van der Waals surface area (Å²) in [5, 5.41) is 4.77. The van der Waals surface area contributed by atoms with Gasteiger partial charge in [0.1, 0.15) is 0 Å². The van der Waals surface area contributed by atoms with Crippen LogP contribution in [0.2, 0.25) is 0 Å². The molecule has 6 heterocycles. The Labute approximate surface area is 785 Å². The summed E-state index contributed by atoms with van der Waals surface area (Å²) in [6.45, 7) is -0.547. The Morgan fingerprint density at radius 3 is 0.733 bits per heavy atom. The lowest BCUT2D eigenvalue weighted by Gasteiger charge is -2.46. The van der Waals surface area contributed by atoms with Crippen LogP contribution in [0.4, 0.5) is 102 Å². The van der Waals surface area contributed by atoms with Gasteiger partial charge in [0.25, 0.3) is 13.4 Å². The summed E-state index contributed by atoms with van der Waals surface area (Å²) in [4.78, 5) is 15.5. The molecular formula is C126H83B2N7. The number of anilines is 18. The summed E-state index contributed by atoms with van der Waals surface area (Å²) >= 11 is 0. The van der Waals surface area contributed by atoms with E-state index in [9.17, 15) is 0 Å². The van der Waals surface area contributed by atoms with Crippen LogP contribution in [0.25, 0.3) is 105 Å². The Kier molecular flexibility index (Phi) is 18.1. The van der Waals surface area contributed by atoms with E-state index in [-0.39, 0.29) is 13.4 Å². The monoisotopic (exact) mass is 1720 g/mol. The molecule has 4 aliphatic rings.